The van der Waals surface area contributed by atoms with Crippen LogP contribution in [0.3, 0.4) is 0 Å². The Bertz CT molecular complexity index is 2230. The molecule has 2 unspecified atom stereocenters. The number of alkyl halides is 8. The molecule has 68 heavy (non-hydrogen) atoms. The van der Waals surface area contributed by atoms with E-state index in [9.17, 15) is 44.7 Å². The molecular weight excluding hydrogens is 1020 g/mol. The molecule has 0 aliphatic carbocycles. The second-order valence-electron chi connectivity index (χ2n) is 16.0. The van der Waals surface area contributed by atoms with Crippen LogP contribution in [-0.2, 0) is 16.6 Å². The fraction of sp³-hybridized carbons (Fsp3) is 0.500. The number of nitrogens with two attached hydrogens (primary N) is 1. The number of nitrogens with one attached hydrogen (secondary N) is 1. The predicted octanol–water partition coefficient (Wildman–Crippen LogP) is 11.6. The highest BCUT2D eigenvalue weighted by atomic mass is 35.5. The van der Waals surface area contributed by atoms with Gasteiger partial charge in [0.05, 0.1) is 43.3 Å². The van der Waals surface area contributed by atoms with Crippen LogP contribution in [0.4, 0.5) is 35.1 Å². The maximum Gasteiger partial charge on any atom is 0.303 e. The summed E-state index contributed by atoms with van der Waals surface area (Å²) in [4.78, 5) is 41.5. The van der Waals surface area contributed by atoms with Crippen molar-refractivity contribution in [2.45, 2.75) is 88.1 Å². The van der Waals surface area contributed by atoms with E-state index in [1.165, 1.54) is 49.8 Å². The lowest BCUT2D eigenvalue weighted by molar-refractivity contribution is -0.0636. The number of carbonyl (C=O) groups excluding carboxylic acids is 2. The summed E-state index contributed by atoms with van der Waals surface area (Å²) in [5.41, 5.74) is 7.09. The number of amides is 1. The summed E-state index contributed by atoms with van der Waals surface area (Å²) in [5.74, 6) is -13.4. The number of carbonyl (C=O) groups is 2. The van der Waals surface area contributed by atoms with Crippen LogP contribution in [0.1, 0.15) is 108 Å². The normalized spacial score (nSPS) is 18.1. The molecule has 2 aromatic carbocycles. The predicted molar refractivity (Wildman–Crippen MR) is 245 cm³/mol. The highest BCUT2D eigenvalue weighted by Gasteiger charge is 2.39. The Morgan fingerprint density at radius 2 is 1.07 bits per heavy atom. The van der Waals surface area contributed by atoms with Crippen molar-refractivity contribution < 1.29 is 49.4 Å². The number of hydrogen-bond donors (Lipinski definition) is 2. The van der Waals surface area contributed by atoms with Crippen LogP contribution >= 0.6 is 58.0 Å². The minimum Gasteiger partial charge on any atom is -0.381 e. The van der Waals surface area contributed by atoms with E-state index >= 15 is 0 Å². The van der Waals surface area contributed by atoms with E-state index in [2.05, 4.69) is 25.3 Å². The van der Waals surface area contributed by atoms with Crippen LogP contribution in [0.5, 0.6) is 0 Å². The van der Waals surface area contributed by atoms with Crippen molar-refractivity contribution in [2.75, 3.05) is 52.5 Å². The molecule has 4 aromatic rings. The number of hydrogen-bond acceptors (Lipinski definition) is 10. The van der Waals surface area contributed by atoms with Gasteiger partial charge in [0.1, 0.15) is 0 Å². The van der Waals surface area contributed by atoms with Gasteiger partial charge in [0.25, 0.3) is 23.0 Å². The Balaban J connectivity index is 0.000000232. The van der Waals surface area contributed by atoms with Gasteiger partial charge in [0.2, 0.25) is 0 Å². The molecule has 7 rings (SSSR count). The Labute approximate surface area is 413 Å². The van der Waals surface area contributed by atoms with Crippen LogP contribution in [0.25, 0.3) is 0 Å². The monoisotopic (exact) mass is 1060 g/mol. The molecule has 2 aromatic heterocycles. The molecule has 374 valence electrons. The van der Waals surface area contributed by atoms with Crippen LogP contribution in [0.2, 0.25) is 20.1 Å². The van der Waals surface area contributed by atoms with Gasteiger partial charge in [-0.1, -0.05) is 58.5 Å². The van der Waals surface area contributed by atoms with Crippen molar-refractivity contribution in [3.8, 4) is 0 Å². The van der Waals surface area contributed by atoms with Gasteiger partial charge in [-0.15, -0.1) is 0 Å². The molecule has 3 aliphatic rings. The van der Waals surface area contributed by atoms with Crippen LogP contribution in [0.15, 0.2) is 61.2 Å². The molecule has 0 saturated carbocycles. The third kappa shape index (κ3) is 17.4. The summed E-state index contributed by atoms with van der Waals surface area (Å²) in [6.07, 6.45) is 6.47. The highest BCUT2D eigenvalue weighted by molar-refractivity contribution is 6.69. The minimum atomic E-state index is -3.21. The average Bonchev–Trinajstić information content (AvgIpc) is 3.88. The summed E-state index contributed by atoms with van der Waals surface area (Å²) in [6, 6.07) is 8.42. The molecule has 5 heterocycles. The van der Waals surface area contributed by atoms with Gasteiger partial charge in [-0.25, -0.2) is 37.5 Å². The summed E-state index contributed by atoms with van der Waals surface area (Å²) in [5, 5.41) is 2.96. The molecule has 0 bridgehead atoms. The fourth-order valence-electron chi connectivity index (χ4n) is 6.88. The number of ether oxygens (including phenoxy) is 1. The molecule has 3 saturated heterocycles. The summed E-state index contributed by atoms with van der Waals surface area (Å²) in [7, 11) is 0. The lowest BCUT2D eigenvalue weighted by atomic mass is 10.0. The van der Waals surface area contributed by atoms with E-state index in [-0.39, 0.29) is 97.2 Å². The fourth-order valence-corrected chi connectivity index (χ4v) is 7.86. The number of rotatable bonds is 11. The van der Waals surface area contributed by atoms with Crippen LogP contribution in [-0.4, -0.2) is 105 Å². The number of nitrogens with zero attached hydrogens (tertiary/aromatic N) is 6. The number of aromatic nitrogens is 4. The molecule has 3 aliphatic heterocycles. The van der Waals surface area contributed by atoms with Crippen molar-refractivity contribution >= 4 is 69.2 Å². The third-order valence-electron chi connectivity index (χ3n) is 10.7. The van der Waals surface area contributed by atoms with Gasteiger partial charge >= 0.3 is 11.8 Å². The first-order chi connectivity index (χ1) is 31.8. The first-order valence-corrected chi connectivity index (χ1v) is 23.0. The van der Waals surface area contributed by atoms with Crippen molar-refractivity contribution in [3.05, 3.63) is 115 Å². The molecule has 0 radical (unpaired) electrons. The Hall–Kier alpha value is -3.53. The van der Waals surface area contributed by atoms with Gasteiger partial charge in [0, 0.05) is 128 Å². The lowest BCUT2D eigenvalue weighted by Gasteiger charge is -2.37. The van der Waals surface area contributed by atoms with Crippen molar-refractivity contribution in [1.29, 1.82) is 0 Å². The minimum absolute atomic E-state index is 0.0124. The zero-order valence-electron chi connectivity index (χ0n) is 36.7. The Kier molecular flexibility index (Phi) is 21.4. The molecule has 11 nitrogen and oxygen atoms in total. The average molecular weight is 1070 g/mol. The summed E-state index contributed by atoms with van der Waals surface area (Å²) in [6.45, 7) is 4.15. The molecular formula is C44H49Cl5F8N8O3. The molecule has 24 heteroatoms. The molecule has 0 spiro atoms. The SMILES string of the molecule is C1CCOC1.CC(F)(F)c1ncc(C(CN)N2CCC(F)(F)CC2)cn1.CC(F)(F)c1ncc(C(CNC(=O)c2cccc(Cl)c2Cl)N2CCC(F)(F)CC2)cn1.O=C(Cl)c1cccc(Cl)c1Cl. The second-order valence-corrected chi connectivity index (χ2v) is 17.9. The summed E-state index contributed by atoms with van der Waals surface area (Å²) < 4.78 is 112. The van der Waals surface area contributed by atoms with Gasteiger partial charge in [-0.05, 0) is 48.7 Å². The van der Waals surface area contributed by atoms with Crippen molar-refractivity contribution in [1.82, 2.24) is 35.1 Å². The smallest absolute Gasteiger partial charge is 0.303 e. The number of likely N-dealkylation sites (tertiary alicyclic amines) is 2. The number of benzene rings is 2. The van der Waals surface area contributed by atoms with Crippen molar-refractivity contribution in [2.24, 2.45) is 5.73 Å². The van der Waals surface area contributed by atoms with E-state index in [1.54, 1.807) is 29.2 Å². The van der Waals surface area contributed by atoms with Crippen LogP contribution < -0.4 is 11.1 Å². The zero-order valence-corrected chi connectivity index (χ0v) is 40.5. The molecule has 2 atom stereocenters. The third-order valence-corrected chi connectivity index (χ3v) is 12.5. The number of halogens is 13. The van der Waals surface area contributed by atoms with Crippen molar-refractivity contribution in [3.63, 3.8) is 0 Å². The largest absolute Gasteiger partial charge is 0.381 e. The molecule has 1 amide bonds. The van der Waals surface area contributed by atoms with Gasteiger partial charge in [-0.2, -0.15) is 17.6 Å². The topological polar surface area (TPSA) is 139 Å². The standard InChI is InChI=1S/C20H20Cl2F4N4O.C13H18F4N4.C7H3Cl3O.C4H8O/c1-19(23,24)18-28-9-12(10-29-18)15(30-7-5-20(25,26)6-8-30)11-27-17(31)13-3-2-4-14(21)16(13)22;1-12(14,15)11-19-7-9(8-20-11)10(6-18)21-4-2-13(16,17)3-5-21;8-5-3-1-2-4(6(5)9)7(10)11;1-2-4-5-3-1/h2-4,9-10,15H,5-8,11H2,1H3,(H,27,31);7-8,10H,2-6,18H2,1H3;1-3H;1-4H2. The van der Waals surface area contributed by atoms with E-state index in [4.69, 9.17) is 68.5 Å². The van der Waals surface area contributed by atoms with E-state index in [1.807, 2.05) is 4.90 Å². The van der Waals surface area contributed by atoms with Gasteiger partial charge in [-0.3, -0.25) is 19.4 Å². The van der Waals surface area contributed by atoms with Crippen LogP contribution in [0, 0.1) is 0 Å². The van der Waals surface area contributed by atoms with E-state index in [0.29, 0.717) is 23.1 Å². The second kappa shape index (κ2) is 25.5. The Morgan fingerprint density at radius 3 is 1.43 bits per heavy atom. The summed E-state index contributed by atoms with van der Waals surface area (Å²) >= 11 is 28.5. The van der Waals surface area contributed by atoms with E-state index < -0.39 is 52.5 Å². The first-order valence-electron chi connectivity index (χ1n) is 21.1. The number of piperidine rings is 2. The first kappa shape index (κ1) is 57.1. The van der Waals surface area contributed by atoms with Gasteiger partial charge in [0.15, 0.2) is 11.6 Å². The zero-order chi connectivity index (χ0) is 50.5. The van der Waals surface area contributed by atoms with Gasteiger partial charge < -0.3 is 15.8 Å². The Morgan fingerprint density at radius 1 is 0.691 bits per heavy atom. The maximum atomic E-state index is 13.6. The molecule has 3 fully saturated rings. The molecule has 3 N–H and O–H groups in total. The quantitative estimate of drug-likeness (QED) is 0.110. The van der Waals surface area contributed by atoms with E-state index in [0.717, 1.165) is 20.1 Å². The lowest BCUT2D eigenvalue weighted by Crippen LogP contribution is -2.45. The highest BCUT2D eigenvalue weighted by Crippen LogP contribution is 2.35. The maximum absolute atomic E-state index is 13.6.